The molecule has 102 valence electrons. The van der Waals surface area contributed by atoms with E-state index in [0.29, 0.717) is 6.54 Å². The molecule has 1 amide bonds. The summed E-state index contributed by atoms with van der Waals surface area (Å²) in [6.07, 6.45) is 5.79. The monoisotopic (exact) mass is 253 g/mol. The molecule has 1 saturated heterocycles. The van der Waals surface area contributed by atoms with Gasteiger partial charge < -0.3 is 14.7 Å². The van der Waals surface area contributed by atoms with Gasteiger partial charge in [-0.1, -0.05) is 18.7 Å². The molecule has 2 atom stereocenters. The highest BCUT2D eigenvalue weighted by Crippen LogP contribution is 2.20. The number of nitrogens with zero attached hydrogens (tertiary/aromatic N) is 1. The molecule has 1 fully saturated rings. The lowest BCUT2D eigenvalue weighted by atomic mass is 9.99. The summed E-state index contributed by atoms with van der Waals surface area (Å²) in [5.74, 6) is 0. The molecule has 0 bridgehead atoms. The molecule has 4 heteroatoms. The Morgan fingerprint density at radius 2 is 2.33 bits per heavy atom. The van der Waals surface area contributed by atoms with Crippen LogP contribution in [0.2, 0.25) is 0 Å². The third kappa shape index (κ3) is 4.18. The van der Waals surface area contributed by atoms with Crippen molar-refractivity contribution in [3.05, 3.63) is 24.3 Å². The van der Waals surface area contributed by atoms with Gasteiger partial charge in [0.2, 0.25) is 0 Å². The molecule has 1 rings (SSSR count). The van der Waals surface area contributed by atoms with E-state index < -0.39 is 6.10 Å². The van der Waals surface area contributed by atoms with Gasteiger partial charge in [0.1, 0.15) is 6.61 Å². The molecule has 0 aliphatic carbocycles. The first-order valence-electron chi connectivity index (χ1n) is 6.47. The summed E-state index contributed by atoms with van der Waals surface area (Å²) >= 11 is 0. The standard InChI is InChI=1S/C14H23NO3/c1-4-9-18-14(17)15-8-6-5-7-13(15)10-11(2)12(3)16/h4,10,12-13,16H,1,5-9H2,2-3H3. The van der Waals surface area contributed by atoms with Crippen LogP contribution in [0.1, 0.15) is 33.1 Å². The highest BCUT2D eigenvalue weighted by Gasteiger charge is 2.26. The molecule has 4 nitrogen and oxygen atoms in total. The minimum Gasteiger partial charge on any atom is -0.445 e. The Morgan fingerprint density at radius 1 is 1.61 bits per heavy atom. The predicted octanol–water partition coefficient (Wildman–Crippen LogP) is 2.49. The second kappa shape index (κ2) is 7.21. The zero-order valence-electron chi connectivity index (χ0n) is 11.3. The molecule has 1 N–H and O–H groups in total. The second-order valence-electron chi connectivity index (χ2n) is 4.71. The average molecular weight is 253 g/mol. The van der Waals surface area contributed by atoms with E-state index in [1.807, 2.05) is 13.0 Å². The number of hydrogen-bond donors (Lipinski definition) is 1. The Bertz CT molecular complexity index is 323. The SMILES string of the molecule is C=CCOC(=O)N1CCCCC1C=C(C)C(C)O. The summed E-state index contributed by atoms with van der Waals surface area (Å²) in [5, 5.41) is 9.50. The molecule has 18 heavy (non-hydrogen) atoms. The van der Waals surface area contributed by atoms with E-state index in [9.17, 15) is 9.90 Å². The van der Waals surface area contributed by atoms with Gasteiger partial charge in [0.25, 0.3) is 0 Å². The molecular formula is C14H23NO3. The maximum atomic E-state index is 11.9. The maximum Gasteiger partial charge on any atom is 0.410 e. The number of piperidine rings is 1. The number of amides is 1. The Labute approximate surface area is 109 Å². The lowest BCUT2D eigenvalue weighted by molar-refractivity contribution is 0.0908. The van der Waals surface area contributed by atoms with Crippen LogP contribution in [0.15, 0.2) is 24.3 Å². The first-order valence-corrected chi connectivity index (χ1v) is 6.47. The van der Waals surface area contributed by atoms with Gasteiger partial charge in [-0.05, 0) is 38.7 Å². The van der Waals surface area contributed by atoms with Gasteiger partial charge in [-0.2, -0.15) is 0 Å². The topological polar surface area (TPSA) is 49.8 Å². The number of ether oxygens (including phenoxy) is 1. The molecule has 1 aliphatic rings. The van der Waals surface area contributed by atoms with Crippen LogP contribution >= 0.6 is 0 Å². The Kier molecular flexibility index (Phi) is 5.92. The molecular weight excluding hydrogens is 230 g/mol. The fraction of sp³-hybridized carbons (Fsp3) is 0.643. The van der Waals surface area contributed by atoms with Crippen LogP contribution in [0.25, 0.3) is 0 Å². The molecule has 0 spiro atoms. The van der Waals surface area contributed by atoms with Crippen molar-refractivity contribution in [1.29, 1.82) is 0 Å². The molecule has 0 saturated carbocycles. The minimum atomic E-state index is -0.474. The van der Waals surface area contributed by atoms with Crippen molar-refractivity contribution in [3.8, 4) is 0 Å². The number of rotatable bonds is 4. The van der Waals surface area contributed by atoms with Crippen molar-refractivity contribution >= 4 is 6.09 Å². The van der Waals surface area contributed by atoms with Gasteiger partial charge in [0.05, 0.1) is 12.1 Å². The quantitative estimate of drug-likeness (QED) is 0.783. The van der Waals surface area contributed by atoms with Crippen molar-refractivity contribution in [2.24, 2.45) is 0 Å². The van der Waals surface area contributed by atoms with E-state index >= 15 is 0 Å². The van der Waals surface area contributed by atoms with Crippen molar-refractivity contribution in [2.45, 2.75) is 45.3 Å². The van der Waals surface area contributed by atoms with Crippen LogP contribution in [-0.2, 0) is 4.74 Å². The number of carbonyl (C=O) groups excluding carboxylic acids is 1. The average Bonchev–Trinajstić information content (AvgIpc) is 2.36. The van der Waals surface area contributed by atoms with Crippen molar-refractivity contribution in [1.82, 2.24) is 4.90 Å². The Morgan fingerprint density at radius 3 is 2.94 bits per heavy atom. The first-order chi connectivity index (χ1) is 8.56. The zero-order chi connectivity index (χ0) is 13.5. The van der Waals surface area contributed by atoms with Crippen LogP contribution in [0.5, 0.6) is 0 Å². The van der Waals surface area contributed by atoms with Crippen LogP contribution in [-0.4, -0.2) is 41.4 Å². The smallest absolute Gasteiger partial charge is 0.410 e. The summed E-state index contributed by atoms with van der Waals surface area (Å²) in [4.78, 5) is 13.6. The fourth-order valence-electron chi connectivity index (χ4n) is 2.01. The van der Waals surface area contributed by atoms with E-state index in [0.717, 1.165) is 24.8 Å². The summed E-state index contributed by atoms with van der Waals surface area (Å²) in [5.41, 5.74) is 0.892. The zero-order valence-corrected chi connectivity index (χ0v) is 11.3. The third-order valence-electron chi connectivity index (χ3n) is 3.22. The van der Waals surface area contributed by atoms with Gasteiger partial charge in [0, 0.05) is 6.54 Å². The second-order valence-corrected chi connectivity index (χ2v) is 4.71. The molecule has 1 heterocycles. The van der Waals surface area contributed by atoms with E-state index in [-0.39, 0.29) is 18.7 Å². The van der Waals surface area contributed by atoms with E-state index in [4.69, 9.17) is 4.74 Å². The number of carbonyl (C=O) groups is 1. The lowest BCUT2D eigenvalue weighted by Crippen LogP contribution is -2.43. The summed E-state index contributed by atoms with van der Waals surface area (Å²) in [6.45, 7) is 8.09. The maximum absolute atomic E-state index is 11.9. The van der Waals surface area contributed by atoms with Crippen LogP contribution < -0.4 is 0 Å². The molecule has 1 aliphatic heterocycles. The number of likely N-dealkylation sites (tertiary alicyclic amines) is 1. The third-order valence-corrected chi connectivity index (χ3v) is 3.22. The largest absolute Gasteiger partial charge is 0.445 e. The van der Waals surface area contributed by atoms with Crippen molar-refractivity contribution in [2.75, 3.05) is 13.2 Å². The Hall–Kier alpha value is -1.29. The molecule has 0 aromatic rings. The summed E-state index contributed by atoms with van der Waals surface area (Å²) in [7, 11) is 0. The van der Waals surface area contributed by atoms with Crippen LogP contribution in [0.3, 0.4) is 0 Å². The fourth-order valence-corrected chi connectivity index (χ4v) is 2.01. The van der Waals surface area contributed by atoms with E-state index in [1.165, 1.54) is 0 Å². The number of aliphatic hydroxyl groups excluding tert-OH is 1. The normalized spacial score (nSPS) is 22.5. The van der Waals surface area contributed by atoms with E-state index in [2.05, 4.69) is 6.58 Å². The highest BCUT2D eigenvalue weighted by molar-refractivity contribution is 5.68. The molecule has 0 radical (unpaired) electrons. The van der Waals surface area contributed by atoms with Crippen LogP contribution in [0, 0.1) is 0 Å². The van der Waals surface area contributed by atoms with Gasteiger partial charge in [0.15, 0.2) is 0 Å². The van der Waals surface area contributed by atoms with Crippen molar-refractivity contribution in [3.63, 3.8) is 0 Å². The summed E-state index contributed by atoms with van der Waals surface area (Å²) in [6, 6.07) is 0.0330. The van der Waals surface area contributed by atoms with Gasteiger partial charge >= 0.3 is 6.09 Å². The molecule has 2 unspecified atom stereocenters. The summed E-state index contributed by atoms with van der Waals surface area (Å²) < 4.78 is 5.08. The first kappa shape index (κ1) is 14.8. The van der Waals surface area contributed by atoms with Crippen LogP contribution in [0.4, 0.5) is 4.79 Å². The molecule has 0 aromatic carbocycles. The number of aliphatic hydroxyl groups is 1. The van der Waals surface area contributed by atoms with Gasteiger partial charge in [-0.3, -0.25) is 0 Å². The van der Waals surface area contributed by atoms with E-state index in [1.54, 1.807) is 17.9 Å². The van der Waals surface area contributed by atoms with Gasteiger partial charge in [-0.25, -0.2) is 4.79 Å². The number of hydrogen-bond acceptors (Lipinski definition) is 3. The predicted molar refractivity (Wildman–Crippen MR) is 71.3 cm³/mol. The minimum absolute atomic E-state index is 0.0330. The van der Waals surface area contributed by atoms with Gasteiger partial charge in [-0.15, -0.1) is 0 Å². The highest BCUT2D eigenvalue weighted by atomic mass is 16.6. The lowest BCUT2D eigenvalue weighted by Gasteiger charge is -2.33. The Balaban J connectivity index is 2.70. The molecule has 0 aromatic heterocycles. The van der Waals surface area contributed by atoms with Crippen molar-refractivity contribution < 1.29 is 14.6 Å².